The molecule has 2 nitrogen and oxygen atoms in total. The lowest BCUT2D eigenvalue weighted by Gasteiger charge is -2.03. The van der Waals surface area contributed by atoms with Gasteiger partial charge in [-0.2, -0.15) is 0 Å². The first-order valence-electron chi connectivity index (χ1n) is 7.84. The van der Waals surface area contributed by atoms with Crippen molar-refractivity contribution in [2.45, 2.75) is 87.4 Å². The van der Waals surface area contributed by atoms with E-state index in [9.17, 15) is 9.59 Å². The largest absolute Gasteiger partial charge is 0.303 e. The summed E-state index contributed by atoms with van der Waals surface area (Å²) in [5, 5.41) is 0. The quantitative estimate of drug-likeness (QED) is 0.168. The van der Waals surface area contributed by atoms with E-state index in [1.54, 1.807) is 0 Å². The Kier molecular flexibility index (Phi) is 16.2. The van der Waals surface area contributed by atoms with Crippen molar-refractivity contribution in [3.63, 3.8) is 0 Å². The summed E-state index contributed by atoms with van der Waals surface area (Å²) in [7, 11) is 0. The molecule has 0 radical (unpaired) electrons. The van der Waals surface area contributed by atoms with Crippen LogP contribution in [0.4, 0.5) is 0 Å². The average Bonchev–Trinajstić information content (AvgIpc) is 2.43. The Balaban J connectivity index is 2.99. The lowest BCUT2D eigenvalue weighted by Crippen LogP contribution is -1.97. The van der Waals surface area contributed by atoms with Gasteiger partial charge < -0.3 is 9.59 Å². The number of unbranched alkanes of at least 4 members (excludes halogenated alkanes) is 11. The molecule has 112 valence electrons. The maximum Gasteiger partial charge on any atom is 0.132 e. The van der Waals surface area contributed by atoms with E-state index in [0.29, 0.717) is 0 Å². The molecule has 0 aromatic heterocycles. The molecule has 0 saturated carbocycles. The van der Waals surface area contributed by atoms with Gasteiger partial charge in [0.25, 0.3) is 0 Å². The smallest absolute Gasteiger partial charge is 0.132 e. The van der Waals surface area contributed by atoms with Crippen LogP contribution < -0.4 is 0 Å². The number of alkyl halides is 1. The van der Waals surface area contributed by atoms with E-state index in [1.165, 1.54) is 64.2 Å². The first kappa shape index (κ1) is 19.1. The molecule has 0 aliphatic rings. The SMILES string of the molecule is O=CCCCCCCCCCCCCCC(I)C=O. The van der Waals surface area contributed by atoms with Crippen LogP contribution in [0.1, 0.15) is 83.5 Å². The second-order valence-electron chi connectivity index (χ2n) is 5.29. The van der Waals surface area contributed by atoms with E-state index < -0.39 is 0 Å². The summed E-state index contributed by atoms with van der Waals surface area (Å²) in [6.07, 6.45) is 18.0. The molecule has 0 aliphatic carbocycles. The maximum atomic E-state index is 10.4. The number of hydrogen-bond acceptors (Lipinski definition) is 2. The zero-order valence-corrected chi connectivity index (χ0v) is 14.3. The summed E-state index contributed by atoms with van der Waals surface area (Å²) in [5.41, 5.74) is 0. The van der Waals surface area contributed by atoms with E-state index >= 15 is 0 Å². The Bertz CT molecular complexity index is 207. The van der Waals surface area contributed by atoms with Crippen molar-refractivity contribution in [3.05, 3.63) is 0 Å². The third-order valence-electron chi connectivity index (χ3n) is 3.45. The van der Waals surface area contributed by atoms with Crippen LogP contribution in [0.2, 0.25) is 0 Å². The van der Waals surface area contributed by atoms with Gasteiger partial charge in [0, 0.05) is 6.42 Å². The van der Waals surface area contributed by atoms with Crippen LogP contribution in [-0.4, -0.2) is 16.5 Å². The number of rotatable bonds is 15. The fraction of sp³-hybridized carbons (Fsp3) is 0.875. The van der Waals surface area contributed by atoms with E-state index in [2.05, 4.69) is 22.6 Å². The molecule has 0 rings (SSSR count). The van der Waals surface area contributed by atoms with Crippen molar-refractivity contribution < 1.29 is 9.59 Å². The number of halogens is 1. The van der Waals surface area contributed by atoms with Crippen LogP contribution in [0, 0.1) is 0 Å². The Labute approximate surface area is 132 Å². The Morgan fingerprint density at radius 1 is 0.684 bits per heavy atom. The zero-order valence-electron chi connectivity index (χ0n) is 12.1. The van der Waals surface area contributed by atoms with E-state index in [-0.39, 0.29) is 3.92 Å². The van der Waals surface area contributed by atoms with Gasteiger partial charge >= 0.3 is 0 Å². The predicted octanol–water partition coefficient (Wildman–Crippen LogP) is 5.26. The van der Waals surface area contributed by atoms with Gasteiger partial charge in [-0.25, -0.2) is 0 Å². The summed E-state index contributed by atoms with van der Waals surface area (Å²) < 4.78 is 0.219. The molecule has 0 heterocycles. The molecule has 1 unspecified atom stereocenters. The van der Waals surface area contributed by atoms with E-state index in [1.807, 2.05) is 0 Å². The predicted molar refractivity (Wildman–Crippen MR) is 90.0 cm³/mol. The highest BCUT2D eigenvalue weighted by molar-refractivity contribution is 14.1. The van der Waals surface area contributed by atoms with Crippen LogP contribution in [0.25, 0.3) is 0 Å². The van der Waals surface area contributed by atoms with Gasteiger partial charge in [0.05, 0.1) is 3.92 Å². The van der Waals surface area contributed by atoms with Crippen molar-refractivity contribution >= 4 is 35.2 Å². The van der Waals surface area contributed by atoms with Gasteiger partial charge in [-0.15, -0.1) is 0 Å². The standard InChI is InChI=1S/C16H29IO2/c17-16(15-19)13-11-9-7-5-3-1-2-4-6-8-10-12-14-18/h14-16H,1-13H2. The summed E-state index contributed by atoms with van der Waals surface area (Å²) in [6, 6.07) is 0. The molecule has 0 amide bonds. The fourth-order valence-corrected chi connectivity index (χ4v) is 2.67. The minimum Gasteiger partial charge on any atom is -0.303 e. The molecule has 1 atom stereocenters. The van der Waals surface area contributed by atoms with Crippen molar-refractivity contribution in [2.75, 3.05) is 0 Å². The summed E-state index contributed by atoms with van der Waals surface area (Å²) in [6.45, 7) is 0. The summed E-state index contributed by atoms with van der Waals surface area (Å²) in [5.74, 6) is 0. The first-order chi connectivity index (χ1) is 9.31. The first-order valence-corrected chi connectivity index (χ1v) is 9.09. The van der Waals surface area contributed by atoms with Crippen molar-refractivity contribution in [1.82, 2.24) is 0 Å². The van der Waals surface area contributed by atoms with E-state index in [0.717, 1.165) is 31.8 Å². The maximum absolute atomic E-state index is 10.4. The van der Waals surface area contributed by atoms with Gasteiger partial charge in [-0.3, -0.25) is 0 Å². The van der Waals surface area contributed by atoms with Crippen LogP contribution in [-0.2, 0) is 9.59 Å². The van der Waals surface area contributed by atoms with Crippen molar-refractivity contribution in [3.8, 4) is 0 Å². The van der Waals surface area contributed by atoms with Crippen LogP contribution in [0.5, 0.6) is 0 Å². The molecule has 19 heavy (non-hydrogen) atoms. The molecule has 0 aromatic rings. The van der Waals surface area contributed by atoms with Gasteiger partial charge in [0.15, 0.2) is 0 Å². The number of carbonyl (C=O) groups excluding carboxylic acids is 2. The molecular formula is C16H29IO2. The second kappa shape index (κ2) is 16.1. The third-order valence-corrected chi connectivity index (χ3v) is 4.37. The normalized spacial score (nSPS) is 12.3. The summed E-state index contributed by atoms with van der Waals surface area (Å²) in [4.78, 5) is 20.6. The van der Waals surface area contributed by atoms with Gasteiger partial charge in [-0.05, 0) is 12.8 Å². The van der Waals surface area contributed by atoms with Crippen molar-refractivity contribution in [1.29, 1.82) is 0 Å². The average molecular weight is 380 g/mol. The van der Waals surface area contributed by atoms with Crippen LogP contribution in [0.15, 0.2) is 0 Å². The van der Waals surface area contributed by atoms with Crippen molar-refractivity contribution in [2.24, 2.45) is 0 Å². The Hall–Kier alpha value is 0.0700. The molecular weight excluding hydrogens is 351 g/mol. The molecule has 3 heteroatoms. The molecule has 0 N–H and O–H groups in total. The van der Waals surface area contributed by atoms with Crippen LogP contribution >= 0.6 is 22.6 Å². The summed E-state index contributed by atoms with van der Waals surface area (Å²) >= 11 is 2.21. The second-order valence-corrected chi connectivity index (χ2v) is 6.89. The molecule has 0 bridgehead atoms. The lowest BCUT2D eigenvalue weighted by atomic mass is 10.0. The van der Waals surface area contributed by atoms with Crippen LogP contribution in [0.3, 0.4) is 0 Å². The third kappa shape index (κ3) is 16.0. The highest BCUT2D eigenvalue weighted by Gasteiger charge is 2.00. The molecule has 0 saturated heterocycles. The minimum atomic E-state index is 0.219. The topological polar surface area (TPSA) is 34.1 Å². The molecule has 0 aromatic carbocycles. The van der Waals surface area contributed by atoms with E-state index in [4.69, 9.17) is 0 Å². The molecule has 0 fully saturated rings. The molecule has 0 aliphatic heterocycles. The fourth-order valence-electron chi connectivity index (χ4n) is 2.23. The zero-order chi connectivity index (χ0) is 14.2. The monoisotopic (exact) mass is 380 g/mol. The number of carbonyl (C=O) groups is 2. The Morgan fingerprint density at radius 3 is 1.53 bits per heavy atom. The minimum absolute atomic E-state index is 0.219. The lowest BCUT2D eigenvalue weighted by molar-refractivity contribution is -0.108. The molecule has 0 spiro atoms. The van der Waals surface area contributed by atoms with Gasteiger partial charge in [0.1, 0.15) is 12.6 Å². The Morgan fingerprint density at radius 2 is 1.11 bits per heavy atom. The number of hydrogen-bond donors (Lipinski definition) is 0. The number of aldehydes is 2. The highest BCUT2D eigenvalue weighted by atomic mass is 127. The van der Waals surface area contributed by atoms with Gasteiger partial charge in [0.2, 0.25) is 0 Å². The van der Waals surface area contributed by atoms with Gasteiger partial charge in [-0.1, -0.05) is 86.8 Å². The highest BCUT2D eigenvalue weighted by Crippen LogP contribution is 2.14.